The summed E-state index contributed by atoms with van der Waals surface area (Å²) in [6.45, 7) is -2.75. The van der Waals surface area contributed by atoms with Gasteiger partial charge in [-0.15, -0.1) is 0 Å². The Hall–Kier alpha value is -3.46. The molecule has 0 aliphatic heterocycles. The van der Waals surface area contributed by atoms with Crippen molar-refractivity contribution < 1.29 is 12.6 Å². The van der Waals surface area contributed by atoms with Crippen LogP contribution in [0.2, 0.25) is 0 Å². The highest BCUT2D eigenvalue weighted by molar-refractivity contribution is 6.08. The molecule has 28 heavy (non-hydrogen) atoms. The monoisotopic (exact) mass is 370 g/mol. The van der Waals surface area contributed by atoms with E-state index in [0.717, 1.165) is 16.5 Å². The maximum absolute atomic E-state index is 8.12. The van der Waals surface area contributed by atoms with Crippen LogP contribution in [0.3, 0.4) is 0 Å². The number of hydrogen-bond donors (Lipinski definition) is 0. The first-order valence-electron chi connectivity index (χ1n) is 11.9. The van der Waals surface area contributed by atoms with Gasteiger partial charge in [-0.25, -0.2) is 4.98 Å². The Morgan fingerprint density at radius 2 is 1.79 bits per heavy atom. The van der Waals surface area contributed by atoms with Crippen molar-refractivity contribution in [2.75, 3.05) is 0 Å². The third-order valence-corrected chi connectivity index (χ3v) is 4.88. The second-order valence-corrected chi connectivity index (χ2v) is 6.78. The van der Waals surface area contributed by atoms with Gasteiger partial charge in [-0.05, 0) is 56.0 Å². The van der Waals surface area contributed by atoms with Gasteiger partial charge in [-0.1, -0.05) is 42.0 Å². The fourth-order valence-corrected chi connectivity index (χ4v) is 3.46. The molecule has 0 N–H and O–H groups in total. The molecule has 0 spiro atoms. The average molecular weight is 370 g/mol. The molecule has 0 bridgehead atoms. The molecule has 2 aromatic carbocycles. The van der Waals surface area contributed by atoms with Crippen LogP contribution in [0.25, 0.3) is 44.5 Å². The number of rotatable bonds is 2. The van der Waals surface area contributed by atoms with E-state index in [2.05, 4.69) is 9.97 Å². The number of hydrogen-bond acceptors (Lipinski definition) is 3. The van der Waals surface area contributed by atoms with Gasteiger partial charge in [0, 0.05) is 42.0 Å². The lowest BCUT2D eigenvalue weighted by Gasteiger charge is -2.09. The number of para-hydroxylation sites is 1. The first kappa shape index (κ1) is 11.4. The lowest BCUT2D eigenvalue weighted by Crippen LogP contribution is -1.90. The van der Waals surface area contributed by atoms with E-state index in [-0.39, 0.29) is 11.1 Å². The zero-order valence-electron chi connectivity index (χ0n) is 21.2. The van der Waals surface area contributed by atoms with Gasteiger partial charge in [0.25, 0.3) is 0 Å². The summed E-state index contributed by atoms with van der Waals surface area (Å²) in [5.41, 5.74) is 4.41. The molecule has 0 radical (unpaired) electrons. The van der Waals surface area contributed by atoms with Gasteiger partial charge in [0.15, 0.2) is 0 Å². The fraction of sp³-hybridized carbons (Fsp3) is 0.120. The van der Waals surface area contributed by atoms with Gasteiger partial charge >= 0.3 is 0 Å². The molecule has 3 heteroatoms. The minimum atomic E-state index is -2.41. The summed E-state index contributed by atoms with van der Waals surface area (Å²) in [7, 11) is 0. The molecule has 0 atom stereocenters. The summed E-state index contributed by atoms with van der Waals surface area (Å²) in [6, 6.07) is 17.3. The minimum Gasteiger partial charge on any atom is -0.437 e. The van der Waals surface area contributed by atoms with E-state index in [4.69, 9.17) is 12.6 Å². The highest BCUT2D eigenvalue weighted by Crippen LogP contribution is 2.35. The van der Waals surface area contributed by atoms with Crippen molar-refractivity contribution in [1.82, 2.24) is 9.97 Å². The number of benzene rings is 2. The number of pyridine rings is 2. The van der Waals surface area contributed by atoms with Gasteiger partial charge in [-0.3, -0.25) is 4.98 Å². The molecule has 0 unspecified atom stereocenters. The summed E-state index contributed by atoms with van der Waals surface area (Å²) >= 11 is 0. The van der Waals surface area contributed by atoms with Gasteiger partial charge in [0.05, 0.1) is 5.69 Å². The van der Waals surface area contributed by atoms with Gasteiger partial charge in [0.2, 0.25) is 5.71 Å². The molecular formula is C25H20N2O. The molecule has 5 aromatic rings. The van der Waals surface area contributed by atoms with Crippen molar-refractivity contribution in [2.45, 2.75) is 20.6 Å². The van der Waals surface area contributed by atoms with Gasteiger partial charge in [0.1, 0.15) is 5.58 Å². The van der Waals surface area contributed by atoms with E-state index >= 15 is 0 Å². The first-order chi connectivity index (χ1) is 16.0. The van der Waals surface area contributed by atoms with E-state index in [1.165, 1.54) is 18.3 Å². The number of nitrogens with zero attached hydrogens (tertiary/aromatic N) is 2. The predicted molar refractivity (Wildman–Crippen MR) is 114 cm³/mol. The number of aromatic nitrogens is 2. The molecule has 3 heterocycles. The van der Waals surface area contributed by atoms with Crippen LogP contribution >= 0.6 is 0 Å². The molecular weight excluding hydrogens is 344 g/mol. The molecule has 3 nitrogen and oxygen atoms in total. The maximum atomic E-state index is 8.12. The van der Waals surface area contributed by atoms with Crippen molar-refractivity contribution in [3.63, 3.8) is 0 Å². The van der Waals surface area contributed by atoms with E-state index in [1.807, 2.05) is 37.3 Å². The molecule has 0 aliphatic rings. The Morgan fingerprint density at radius 1 is 0.893 bits per heavy atom. The zero-order chi connectivity index (χ0) is 24.3. The molecule has 0 amide bonds. The van der Waals surface area contributed by atoms with Crippen molar-refractivity contribution >= 4 is 22.1 Å². The first-order valence-corrected chi connectivity index (χ1v) is 8.93. The fourth-order valence-electron chi connectivity index (χ4n) is 3.46. The Morgan fingerprint density at radius 3 is 2.61 bits per heavy atom. The number of aryl methyl sites for hydroxylation is 3. The van der Waals surface area contributed by atoms with Gasteiger partial charge in [-0.2, -0.15) is 0 Å². The van der Waals surface area contributed by atoms with Crippen molar-refractivity contribution in [1.29, 1.82) is 0 Å². The summed E-state index contributed by atoms with van der Waals surface area (Å²) in [6.07, 6.45) is 1.52. The number of fused-ring (bicyclic) bond motifs is 3. The third kappa shape index (κ3) is 2.67. The number of furan rings is 1. The van der Waals surface area contributed by atoms with Crippen LogP contribution in [0.15, 0.2) is 71.3 Å². The van der Waals surface area contributed by atoms with Crippen LogP contribution in [0.1, 0.15) is 25.0 Å². The minimum absolute atomic E-state index is 0.126. The van der Waals surface area contributed by atoms with Crippen molar-refractivity contribution in [2.24, 2.45) is 0 Å². The van der Waals surface area contributed by atoms with Crippen LogP contribution in [0.4, 0.5) is 0 Å². The maximum Gasteiger partial charge on any atom is 0.227 e. The molecule has 5 rings (SSSR count). The Labute approximate surface area is 172 Å². The van der Waals surface area contributed by atoms with E-state index in [0.29, 0.717) is 33.7 Å². The van der Waals surface area contributed by atoms with Crippen molar-refractivity contribution in [3.8, 4) is 22.4 Å². The normalized spacial score (nSPS) is 15.5. The summed E-state index contributed by atoms with van der Waals surface area (Å²) in [4.78, 5) is 9.03. The van der Waals surface area contributed by atoms with Crippen LogP contribution in [-0.4, -0.2) is 9.97 Å². The van der Waals surface area contributed by atoms with Crippen LogP contribution in [0.5, 0.6) is 0 Å². The van der Waals surface area contributed by atoms with Crippen LogP contribution < -0.4 is 0 Å². The highest BCUT2D eigenvalue weighted by Gasteiger charge is 2.14. The van der Waals surface area contributed by atoms with Crippen molar-refractivity contribution in [3.05, 3.63) is 83.7 Å². The van der Waals surface area contributed by atoms with E-state index in [1.54, 1.807) is 18.2 Å². The molecule has 0 aliphatic carbocycles. The zero-order valence-corrected chi connectivity index (χ0v) is 15.2. The Balaban J connectivity index is 1.67. The predicted octanol–water partition coefficient (Wildman–Crippen LogP) is 6.64. The topological polar surface area (TPSA) is 38.9 Å². The molecule has 0 saturated carbocycles. The lowest BCUT2D eigenvalue weighted by atomic mass is 9.99. The average Bonchev–Trinajstić information content (AvgIpc) is 3.15. The third-order valence-electron chi connectivity index (χ3n) is 4.88. The smallest absolute Gasteiger partial charge is 0.227 e. The summed E-state index contributed by atoms with van der Waals surface area (Å²) in [5.74, 6) is 0. The largest absolute Gasteiger partial charge is 0.437 e. The van der Waals surface area contributed by atoms with Gasteiger partial charge < -0.3 is 4.42 Å². The second kappa shape index (κ2) is 6.31. The van der Waals surface area contributed by atoms with E-state index in [9.17, 15) is 0 Å². The molecule has 136 valence electrons. The van der Waals surface area contributed by atoms with Crippen LogP contribution in [0, 0.1) is 20.6 Å². The Bertz CT molecular complexity index is 1530. The SMILES string of the molecule is [2H]C([2H])([2H])c1ccc(-c2cnc(-c3cccc4c3oc3nc(C)ccc34)cc2C([2H])([2H])[2H])cc1. The molecule has 3 aromatic heterocycles. The highest BCUT2D eigenvalue weighted by atomic mass is 16.3. The lowest BCUT2D eigenvalue weighted by molar-refractivity contribution is 0.653. The molecule has 0 fully saturated rings. The van der Waals surface area contributed by atoms with E-state index < -0.39 is 13.7 Å². The molecule has 0 saturated heterocycles. The standard InChI is InChI=1S/C25H20N2O/c1-15-7-10-18(11-8-15)22-14-26-23(13-16(22)2)21-6-4-5-19-20-12-9-17(3)27-25(20)28-24(19)21/h4-14H,1-3H3/i1D3,2D3. The second-order valence-electron chi connectivity index (χ2n) is 6.78. The summed E-state index contributed by atoms with van der Waals surface area (Å²) in [5, 5.41) is 1.76. The quantitative estimate of drug-likeness (QED) is 0.350. The Kier molecular flexibility index (Phi) is 2.57. The van der Waals surface area contributed by atoms with Crippen LogP contribution in [-0.2, 0) is 0 Å². The summed E-state index contributed by atoms with van der Waals surface area (Å²) < 4.78 is 53.1.